The van der Waals surface area contributed by atoms with Gasteiger partial charge in [0.05, 0.1) is 0 Å². The van der Waals surface area contributed by atoms with Gasteiger partial charge in [0, 0.05) is 12.1 Å². The second-order valence-electron chi connectivity index (χ2n) is 4.39. The van der Waals surface area contributed by atoms with Crippen molar-refractivity contribution in [2.24, 2.45) is 5.92 Å². The highest BCUT2D eigenvalue weighted by molar-refractivity contribution is 5.05. The summed E-state index contributed by atoms with van der Waals surface area (Å²) in [7, 11) is 0. The predicted molar refractivity (Wildman–Crippen MR) is 47.9 cm³/mol. The van der Waals surface area contributed by atoms with E-state index in [9.17, 15) is 4.39 Å². The number of rotatable bonds is 1. The molecule has 0 aliphatic carbocycles. The first-order valence-electron chi connectivity index (χ1n) is 5.08. The third-order valence-corrected chi connectivity index (χ3v) is 3.98. The van der Waals surface area contributed by atoms with Crippen LogP contribution in [0.15, 0.2) is 0 Å². The summed E-state index contributed by atoms with van der Waals surface area (Å²) in [5.41, 5.74) is 0.236. The van der Waals surface area contributed by atoms with Gasteiger partial charge < -0.3 is 0 Å². The maximum absolute atomic E-state index is 13.2. The Kier molecular flexibility index (Phi) is 1.90. The van der Waals surface area contributed by atoms with E-state index in [1.54, 1.807) is 0 Å². The number of hydrogen-bond donors (Lipinski definition) is 0. The molecule has 3 atom stereocenters. The summed E-state index contributed by atoms with van der Waals surface area (Å²) in [5.74, 6) is 0.697. The van der Waals surface area contributed by atoms with Crippen LogP contribution in [0.4, 0.5) is 4.39 Å². The first-order valence-corrected chi connectivity index (χ1v) is 5.08. The highest BCUT2D eigenvalue weighted by Gasteiger charge is 2.51. The van der Waals surface area contributed by atoms with E-state index in [2.05, 4.69) is 18.7 Å². The van der Waals surface area contributed by atoms with E-state index in [1.807, 2.05) is 0 Å². The zero-order chi connectivity index (χ0) is 8.77. The molecule has 0 aromatic heterocycles. The molecule has 0 spiro atoms. The van der Waals surface area contributed by atoms with Crippen molar-refractivity contribution in [2.45, 2.75) is 44.8 Å². The van der Waals surface area contributed by atoms with E-state index in [0.29, 0.717) is 12.5 Å². The van der Waals surface area contributed by atoms with E-state index < -0.39 is 6.17 Å². The quantitative estimate of drug-likeness (QED) is 0.584. The van der Waals surface area contributed by atoms with Crippen molar-refractivity contribution in [1.29, 1.82) is 0 Å². The topological polar surface area (TPSA) is 3.24 Å². The Morgan fingerprint density at radius 1 is 1.58 bits per heavy atom. The Hall–Kier alpha value is -0.110. The van der Waals surface area contributed by atoms with Crippen molar-refractivity contribution in [3.8, 4) is 0 Å². The second kappa shape index (κ2) is 2.69. The van der Waals surface area contributed by atoms with Crippen molar-refractivity contribution in [3.63, 3.8) is 0 Å². The third kappa shape index (κ3) is 0.936. The average Bonchev–Trinajstić information content (AvgIpc) is 2.50. The Bertz CT molecular complexity index is 183. The Balaban J connectivity index is 2.22. The van der Waals surface area contributed by atoms with Crippen molar-refractivity contribution >= 4 is 0 Å². The monoisotopic (exact) mass is 171 g/mol. The minimum atomic E-state index is -0.562. The first kappa shape index (κ1) is 8.49. The van der Waals surface area contributed by atoms with Crippen LogP contribution in [0, 0.1) is 5.92 Å². The molecule has 2 saturated heterocycles. The lowest BCUT2D eigenvalue weighted by Gasteiger charge is -2.34. The summed E-state index contributed by atoms with van der Waals surface area (Å²) >= 11 is 0. The maximum atomic E-state index is 13.2. The van der Waals surface area contributed by atoms with E-state index in [4.69, 9.17) is 0 Å². The molecule has 70 valence electrons. The van der Waals surface area contributed by atoms with Gasteiger partial charge in [-0.1, -0.05) is 13.8 Å². The van der Waals surface area contributed by atoms with Crippen LogP contribution in [0.1, 0.15) is 33.1 Å². The van der Waals surface area contributed by atoms with Crippen molar-refractivity contribution < 1.29 is 4.39 Å². The van der Waals surface area contributed by atoms with Crippen LogP contribution in [-0.2, 0) is 0 Å². The highest BCUT2D eigenvalue weighted by atomic mass is 19.1. The number of nitrogens with zero attached hydrogens (tertiary/aromatic N) is 1. The minimum absolute atomic E-state index is 0.236. The van der Waals surface area contributed by atoms with Crippen LogP contribution in [0.5, 0.6) is 0 Å². The Morgan fingerprint density at radius 2 is 2.33 bits per heavy atom. The van der Waals surface area contributed by atoms with Gasteiger partial charge in [-0.25, -0.2) is 4.39 Å². The van der Waals surface area contributed by atoms with Gasteiger partial charge in [0.15, 0.2) is 0 Å². The maximum Gasteiger partial charge on any atom is 0.115 e. The molecule has 0 N–H and O–H groups in total. The first-order chi connectivity index (χ1) is 5.69. The molecule has 1 unspecified atom stereocenters. The molecule has 2 heterocycles. The minimum Gasteiger partial charge on any atom is -0.294 e. The molecule has 1 nitrogen and oxygen atoms in total. The van der Waals surface area contributed by atoms with Crippen LogP contribution in [0.25, 0.3) is 0 Å². The van der Waals surface area contributed by atoms with Crippen molar-refractivity contribution in [1.82, 2.24) is 4.90 Å². The standard InChI is InChI=1S/C10H18FN/c1-3-10-6-9(11)7-12(10)5-4-8(10)2/h8-9H,3-7H2,1-2H3/t8?,9-,10-/m1/s1. The Labute approximate surface area is 73.9 Å². The molecular weight excluding hydrogens is 153 g/mol. The third-order valence-electron chi connectivity index (χ3n) is 3.98. The summed E-state index contributed by atoms with van der Waals surface area (Å²) in [6, 6.07) is 0. The lowest BCUT2D eigenvalue weighted by atomic mass is 9.82. The molecule has 2 aliphatic rings. The van der Waals surface area contributed by atoms with Gasteiger partial charge in [-0.2, -0.15) is 0 Å². The van der Waals surface area contributed by atoms with E-state index in [1.165, 1.54) is 6.42 Å². The van der Waals surface area contributed by atoms with Crippen molar-refractivity contribution in [3.05, 3.63) is 0 Å². The summed E-state index contributed by atoms with van der Waals surface area (Å²) in [5, 5.41) is 0. The molecule has 0 radical (unpaired) electrons. The lowest BCUT2D eigenvalue weighted by molar-refractivity contribution is 0.151. The van der Waals surface area contributed by atoms with Gasteiger partial charge in [-0.3, -0.25) is 4.90 Å². The average molecular weight is 171 g/mol. The van der Waals surface area contributed by atoms with E-state index >= 15 is 0 Å². The van der Waals surface area contributed by atoms with Gasteiger partial charge in [0.2, 0.25) is 0 Å². The summed E-state index contributed by atoms with van der Waals surface area (Å²) in [6.45, 7) is 6.29. The molecule has 2 heteroatoms. The molecule has 0 aromatic carbocycles. The molecule has 2 aliphatic heterocycles. The molecule has 0 saturated carbocycles. The van der Waals surface area contributed by atoms with Crippen LogP contribution in [0.3, 0.4) is 0 Å². The molecule has 2 fully saturated rings. The second-order valence-corrected chi connectivity index (χ2v) is 4.39. The largest absolute Gasteiger partial charge is 0.294 e. The normalized spacial score (nSPS) is 48.2. The highest BCUT2D eigenvalue weighted by Crippen LogP contribution is 2.45. The Morgan fingerprint density at radius 3 is 2.92 bits per heavy atom. The predicted octanol–water partition coefficient (Wildman–Crippen LogP) is 2.22. The molecule has 12 heavy (non-hydrogen) atoms. The van der Waals surface area contributed by atoms with Crippen molar-refractivity contribution in [2.75, 3.05) is 13.1 Å². The van der Waals surface area contributed by atoms with E-state index in [0.717, 1.165) is 19.4 Å². The smallest absolute Gasteiger partial charge is 0.115 e. The van der Waals surface area contributed by atoms with Crippen LogP contribution in [0.2, 0.25) is 0 Å². The SMILES string of the molecule is CC[C@]12C[C@@H](F)CN1CCC2C. The number of hydrogen-bond acceptors (Lipinski definition) is 1. The van der Waals surface area contributed by atoms with Crippen LogP contribution in [-0.4, -0.2) is 29.7 Å². The fourth-order valence-corrected chi connectivity index (χ4v) is 3.16. The van der Waals surface area contributed by atoms with Gasteiger partial charge in [-0.15, -0.1) is 0 Å². The summed E-state index contributed by atoms with van der Waals surface area (Å²) in [4.78, 5) is 2.38. The summed E-state index contributed by atoms with van der Waals surface area (Å²) in [6.07, 6.45) is 2.60. The fraction of sp³-hybridized carbons (Fsp3) is 1.00. The summed E-state index contributed by atoms with van der Waals surface area (Å²) < 4.78 is 13.2. The van der Waals surface area contributed by atoms with Gasteiger partial charge in [-0.05, 0) is 31.7 Å². The lowest BCUT2D eigenvalue weighted by Crippen LogP contribution is -2.41. The van der Waals surface area contributed by atoms with Gasteiger partial charge >= 0.3 is 0 Å². The zero-order valence-corrected chi connectivity index (χ0v) is 8.02. The van der Waals surface area contributed by atoms with Crippen LogP contribution < -0.4 is 0 Å². The number of fused-ring (bicyclic) bond motifs is 1. The molecule has 0 aromatic rings. The number of alkyl halides is 1. The molecule has 0 amide bonds. The molecule has 0 bridgehead atoms. The van der Waals surface area contributed by atoms with E-state index in [-0.39, 0.29) is 5.54 Å². The van der Waals surface area contributed by atoms with Crippen LogP contribution >= 0.6 is 0 Å². The van der Waals surface area contributed by atoms with Gasteiger partial charge in [0.25, 0.3) is 0 Å². The molecular formula is C10H18FN. The zero-order valence-electron chi connectivity index (χ0n) is 8.02. The molecule has 2 rings (SSSR count). The van der Waals surface area contributed by atoms with Gasteiger partial charge in [0.1, 0.15) is 6.17 Å². The number of halogens is 1. The fourth-order valence-electron chi connectivity index (χ4n) is 3.16.